The summed E-state index contributed by atoms with van der Waals surface area (Å²) in [5.74, 6) is -0.716. The van der Waals surface area contributed by atoms with Gasteiger partial charge in [0.05, 0.1) is 0 Å². The Labute approximate surface area is 102 Å². The average Bonchev–Trinajstić information content (AvgIpc) is 1.96. The zero-order chi connectivity index (χ0) is 10.4. The van der Waals surface area contributed by atoms with Crippen molar-refractivity contribution in [2.24, 2.45) is 0 Å². The standard InChI is InChI=1S/C5H7NO2S5/c7-3(8)2(6-4(9)10)1-13-5(11)12/h2H,1H2,(H,7,8)(H,11,12)(H2,6,9,10). The van der Waals surface area contributed by atoms with Gasteiger partial charge in [0.2, 0.25) is 0 Å². The number of thiol groups is 2. The molecule has 0 aliphatic carbocycles. The Morgan fingerprint density at radius 1 is 1.54 bits per heavy atom. The van der Waals surface area contributed by atoms with Crippen molar-refractivity contribution in [2.45, 2.75) is 6.04 Å². The largest absolute Gasteiger partial charge is 0.480 e. The minimum Gasteiger partial charge on any atom is -0.480 e. The molecule has 0 aromatic carbocycles. The second-order valence-electron chi connectivity index (χ2n) is 1.92. The number of thioether (sulfide) groups is 1. The molecule has 0 rings (SSSR count). The maximum Gasteiger partial charge on any atom is 0.327 e. The highest BCUT2D eigenvalue weighted by Gasteiger charge is 2.17. The molecule has 1 unspecified atom stereocenters. The minimum atomic E-state index is -0.992. The fourth-order valence-electron chi connectivity index (χ4n) is 0.478. The van der Waals surface area contributed by atoms with Gasteiger partial charge in [0.1, 0.15) is 13.9 Å². The number of rotatable bonds is 4. The molecule has 0 aromatic heterocycles. The number of carboxylic acid groups (broad SMARTS) is 1. The summed E-state index contributed by atoms with van der Waals surface area (Å²) in [5.41, 5.74) is 0. The van der Waals surface area contributed by atoms with E-state index in [-0.39, 0.29) is 10.1 Å². The van der Waals surface area contributed by atoms with Crippen LogP contribution in [0.15, 0.2) is 0 Å². The van der Waals surface area contributed by atoms with Crippen LogP contribution in [-0.2, 0) is 4.79 Å². The Bertz CT molecular complexity index is 231. The lowest BCUT2D eigenvalue weighted by atomic mass is 10.3. The summed E-state index contributed by atoms with van der Waals surface area (Å²) in [6, 6.07) is -0.778. The molecular weight excluding hydrogens is 266 g/mol. The Hall–Kier alpha value is 0.500. The van der Waals surface area contributed by atoms with Crippen LogP contribution in [0.3, 0.4) is 0 Å². The van der Waals surface area contributed by atoms with E-state index in [2.05, 4.69) is 55.0 Å². The van der Waals surface area contributed by atoms with Crippen molar-refractivity contribution in [1.82, 2.24) is 5.32 Å². The van der Waals surface area contributed by atoms with Gasteiger partial charge in [-0.2, -0.15) is 0 Å². The lowest BCUT2D eigenvalue weighted by Crippen LogP contribution is -2.40. The molecular formula is C5H7NO2S5. The van der Waals surface area contributed by atoms with E-state index < -0.39 is 12.0 Å². The first kappa shape index (κ1) is 13.5. The predicted molar refractivity (Wildman–Crippen MR) is 70.2 cm³/mol. The number of hydrogen-bond donors (Lipinski definition) is 4. The van der Waals surface area contributed by atoms with Gasteiger partial charge in [-0.25, -0.2) is 4.79 Å². The van der Waals surface area contributed by atoms with Crippen LogP contribution < -0.4 is 5.32 Å². The molecule has 1 atom stereocenters. The van der Waals surface area contributed by atoms with E-state index in [9.17, 15) is 4.79 Å². The predicted octanol–water partition coefficient (Wildman–Crippen LogP) is 1.19. The highest BCUT2D eigenvalue weighted by Crippen LogP contribution is 2.09. The highest BCUT2D eigenvalue weighted by atomic mass is 32.2. The molecule has 0 bridgehead atoms. The first-order chi connectivity index (χ1) is 5.93. The third-order valence-electron chi connectivity index (χ3n) is 0.969. The van der Waals surface area contributed by atoms with Crippen molar-refractivity contribution in [3.8, 4) is 0 Å². The van der Waals surface area contributed by atoms with Crippen LogP contribution >= 0.6 is 61.5 Å². The first-order valence-corrected chi connectivity index (χ1v) is 5.71. The number of carboxylic acids is 1. The van der Waals surface area contributed by atoms with Gasteiger partial charge in [0.25, 0.3) is 0 Å². The number of carbonyl (C=O) groups is 1. The highest BCUT2D eigenvalue weighted by molar-refractivity contribution is 8.41. The summed E-state index contributed by atoms with van der Waals surface area (Å²) in [6.45, 7) is 0. The zero-order valence-electron chi connectivity index (χ0n) is 6.26. The quantitative estimate of drug-likeness (QED) is 0.456. The van der Waals surface area contributed by atoms with Crippen LogP contribution in [0, 0.1) is 0 Å². The van der Waals surface area contributed by atoms with Crippen molar-refractivity contribution in [2.75, 3.05) is 5.75 Å². The van der Waals surface area contributed by atoms with Crippen LogP contribution in [0.25, 0.3) is 0 Å². The summed E-state index contributed by atoms with van der Waals surface area (Å²) >= 11 is 18.1. The number of thiocarbonyl (C=S) groups is 2. The molecule has 74 valence electrons. The summed E-state index contributed by atoms with van der Waals surface area (Å²) in [4.78, 5) is 10.6. The molecule has 0 radical (unpaired) electrons. The lowest BCUT2D eigenvalue weighted by Gasteiger charge is -2.12. The van der Waals surface area contributed by atoms with Gasteiger partial charge in [-0.05, 0) is 0 Å². The van der Waals surface area contributed by atoms with Gasteiger partial charge in [-0.1, -0.05) is 24.4 Å². The summed E-state index contributed by atoms with van der Waals surface area (Å²) in [7, 11) is 0. The fraction of sp³-hybridized carbons (Fsp3) is 0.400. The number of hydrogen-bond acceptors (Lipinski definition) is 4. The molecule has 2 N–H and O–H groups in total. The Morgan fingerprint density at radius 3 is 2.38 bits per heavy atom. The minimum absolute atomic E-state index is 0.151. The smallest absolute Gasteiger partial charge is 0.327 e. The van der Waals surface area contributed by atoms with Crippen molar-refractivity contribution in [3.05, 3.63) is 0 Å². The van der Waals surface area contributed by atoms with Gasteiger partial charge in [-0.3, -0.25) is 0 Å². The Morgan fingerprint density at radius 2 is 2.08 bits per heavy atom. The normalized spacial score (nSPS) is 11.8. The third kappa shape index (κ3) is 7.56. The topological polar surface area (TPSA) is 49.3 Å². The van der Waals surface area contributed by atoms with Crippen LogP contribution in [-0.4, -0.2) is 30.7 Å². The molecule has 0 aliphatic heterocycles. The van der Waals surface area contributed by atoms with Crippen LogP contribution in [0.2, 0.25) is 0 Å². The summed E-state index contributed by atoms with van der Waals surface area (Å²) < 4.78 is 0.552. The maximum atomic E-state index is 10.6. The van der Waals surface area contributed by atoms with Gasteiger partial charge in [0, 0.05) is 5.75 Å². The molecule has 0 heterocycles. The lowest BCUT2D eigenvalue weighted by molar-refractivity contribution is -0.138. The van der Waals surface area contributed by atoms with Gasteiger partial charge in [-0.15, -0.1) is 37.0 Å². The average molecular weight is 273 g/mol. The van der Waals surface area contributed by atoms with Crippen LogP contribution in [0.5, 0.6) is 0 Å². The SMILES string of the molecule is O=C(O)C(CSC(=S)S)NC(=S)S. The summed E-state index contributed by atoms with van der Waals surface area (Å²) in [6.07, 6.45) is 0. The molecule has 0 aromatic rings. The van der Waals surface area contributed by atoms with Crippen molar-refractivity contribution >= 4 is 75.3 Å². The molecule has 0 aliphatic rings. The second kappa shape index (κ2) is 6.88. The van der Waals surface area contributed by atoms with Crippen molar-refractivity contribution in [1.29, 1.82) is 0 Å². The first-order valence-electron chi connectivity index (χ1n) is 3.01. The van der Waals surface area contributed by atoms with E-state index in [0.717, 1.165) is 0 Å². The van der Waals surface area contributed by atoms with Gasteiger partial charge >= 0.3 is 5.97 Å². The van der Waals surface area contributed by atoms with E-state index >= 15 is 0 Å². The van der Waals surface area contributed by atoms with Gasteiger partial charge < -0.3 is 10.4 Å². The van der Waals surface area contributed by atoms with E-state index in [1.165, 1.54) is 11.8 Å². The Kier molecular flexibility index (Phi) is 7.15. The van der Waals surface area contributed by atoms with Crippen molar-refractivity contribution < 1.29 is 9.90 Å². The Balaban J connectivity index is 4.02. The molecule has 8 heteroatoms. The molecule has 0 fully saturated rings. The molecule has 0 saturated heterocycles. The number of aliphatic carboxylic acids is 1. The monoisotopic (exact) mass is 273 g/mol. The second-order valence-corrected chi connectivity index (χ2v) is 5.82. The molecule has 0 saturated carbocycles. The summed E-state index contributed by atoms with van der Waals surface area (Å²) in [5, 5.41) is 11.2. The maximum absolute atomic E-state index is 10.6. The fourth-order valence-corrected chi connectivity index (χ4v) is 1.74. The molecule has 0 spiro atoms. The van der Waals surface area contributed by atoms with E-state index in [1.54, 1.807) is 0 Å². The van der Waals surface area contributed by atoms with Gasteiger partial charge in [0.15, 0.2) is 0 Å². The molecule has 3 nitrogen and oxygen atoms in total. The molecule has 0 amide bonds. The van der Waals surface area contributed by atoms with E-state index in [1.807, 2.05) is 0 Å². The van der Waals surface area contributed by atoms with E-state index in [4.69, 9.17) is 5.11 Å². The van der Waals surface area contributed by atoms with Crippen LogP contribution in [0.1, 0.15) is 0 Å². The molecule has 13 heavy (non-hydrogen) atoms. The third-order valence-corrected chi connectivity index (χ3v) is 2.70. The van der Waals surface area contributed by atoms with Crippen molar-refractivity contribution in [3.63, 3.8) is 0 Å². The number of nitrogens with one attached hydrogen (secondary N) is 1. The van der Waals surface area contributed by atoms with Crippen LogP contribution in [0.4, 0.5) is 0 Å². The van der Waals surface area contributed by atoms with E-state index in [0.29, 0.717) is 3.53 Å². The zero-order valence-corrected chi connectivity index (χ0v) is 10.5.